The van der Waals surface area contributed by atoms with Crippen LogP contribution in [-0.4, -0.2) is 76.9 Å². The molecule has 1 heterocycles. The van der Waals surface area contributed by atoms with Crippen LogP contribution in [0.2, 0.25) is 0 Å². The fourth-order valence-corrected chi connectivity index (χ4v) is 3.97. The van der Waals surface area contributed by atoms with E-state index in [0.29, 0.717) is 12.8 Å². The van der Waals surface area contributed by atoms with E-state index in [9.17, 15) is 34.7 Å². The van der Waals surface area contributed by atoms with Crippen molar-refractivity contribution in [2.45, 2.75) is 32.7 Å². The Hall–Kier alpha value is -3.90. The lowest BCUT2D eigenvalue weighted by molar-refractivity contribution is -0.384. The standard InChI is InChI=1S/C21H25FN4O8/c1-3-34-21(31)24-8-6-23(7-9-24)17-12(2)18(16(26(32)33)10-15(17)22)25(13-4-5-13)11-14(19(27)28)20(29)30/h10-11,13H,3-9H2,1-2H3,(H,27,28)(H,29,30). The average Bonchev–Trinajstić information content (AvgIpc) is 3.60. The Bertz CT molecular complexity index is 1030. The summed E-state index contributed by atoms with van der Waals surface area (Å²) in [4.78, 5) is 50.2. The second kappa shape index (κ2) is 9.93. The van der Waals surface area contributed by atoms with Crippen LogP contribution in [0.1, 0.15) is 25.3 Å². The quantitative estimate of drug-likeness (QED) is 0.186. The smallest absolute Gasteiger partial charge is 0.409 e. The van der Waals surface area contributed by atoms with Crippen LogP contribution in [-0.2, 0) is 14.3 Å². The second-order valence-electron chi connectivity index (χ2n) is 7.92. The second-order valence-corrected chi connectivity index (χ2v) is 7.92. The molecule has 3 rings (SSSR count). The van der Waals surface area contributed by atoms with Crippen molar-refractivity contribution >= 4 is 35.1 Å². The molecule has 1 aliphatic carbocycles. The molecule has 0 radical (unpaired) electrons. The summed E-state index contributed by atoms with van der Waals surface area (Å²) in [6, 6.07) is 0.407. The van der Waals surface area contributed by atoms with Gasteiger partial charge in [0.15, 0.2) is 11.4 Å². The Labute approximate surface area is 193 Å². The number of carboxylic acids is 2. The molecule has 1 aromatic rings. The van der Waals surface area contributed by atoms with Crippen LogP contribution >= 0.6 is 0 Å². The highest BCUT2D eigenvalue weighted by atomic mass is 19.1. The number of carbonyl (C=O) groups excluding carboxylic acids is 1. The molecule has 12 nitrogen and oxygen atoms in total. The number of ether oxygens (including phenoxy) is 1. The summed E-state index contributed by atoms with van der Waals surface area (Å²) in [5, 5.41) is 30.3. The predicted molar refractivity (Wildman–Crippen MR) is 117 cm³/mol. The topological polar surface area (TPSA) is 154 Å². The molecule has 2 N–H and O–H groups in total. The third-order valence-corrected chi connectivity index (χ3v) is 5.69. The van der Waals surface area contributed by atoms with Gasteiger partial charge in [-0.1, -0.05) is 0 Å². The molecule has 13 heteroatoms. The summed E-state index contributed by atoms with van der Waals surface area (Å²) in [6.07, 6.45) is 1.50. The molecule has 0 aromatic heterocycles. The molecule has 184 valence electrons. The molecule has 2 aliphatic rings. The van der Waals surface area contributed by atoms with Crippen molar-refractivity contribution in [2.75, 3.05) is 42.6 Å². The van der Waals surface area contributed by atoms with Crippen molar-refractivity contribution in [1.29, 1.82) is 0 Å². The molecule has 2 fully saturated rings. The van der Waals surface area contributed by atoms with Crippen LogP contribution in [0.4, 0.5) is 26.2 Å². The third-order valence-electron chi connectivity index (χ3n) is 5.69. The summed E-state index contributed by atoms with van der Waals surface area (Å²) in [6.45, 7) is 4.36. The lowest BCUT2D eigenvalue weighted by Crippen LogP contribution is -2.49. The number of halogens is 1. The van der Waals surface area contributed by atoms with E-state index in [1.54, 1.807) is 11.8 Å². The first-order chi connectivity index (χ1) is 16.1. The number of carbonyl (C=O) groups is 3. The maximum Gasteiger partial charge on any atom is 0.409 e. The van der Waals surface area contributed by atoms with Crippen molar-refractivity contribution in [3.8, 4) is 0 Å². The van der Waals surface area contributed by atoms with Crippen molar-refractivity contribution in [2.24, 2.45) is 0 Å². The van der Waals surface area contributed by atoms with Crippen LogP contribution in [0.15, 0.2) is 17.8 Å². The van der Waals surface area contributed by atoms with Crippen molar-refractivity contribution in [1.82, 2.24) is 4.90 Å². The minimum absolute atomic E-state index is 0.0586. The Balaban J connectivity index is 2.06. The maximum atomic E-state index is 15.1. The van der Waals surface area contributed by atoms with Crippen molar-refractivity contribution in [3.05, 3.63) is 39.3 Å². The number of hydrogen-bond donors (Lipinski definition) is 2. The number of rotatable bonds is 8. The predicted octanol–water partition coefficient (Wildman–Crippen LogP) is 2.34. The number of aliphatic carboxylic acids is 2. The van der Waals surface area contributed by atoms with E-state index in [2.05, 4.69) is 0 Å². The molecule has 0 spiro atoms. The van der Waals surface area contributed by atoms with Gasteiger partial charge in [-0.05, 0) is 26.7 Å². The molecule has 1 aromatic carbocycles. The highest BCUT2D eigenvalue weighted by Crippen LogP contribution is 2.44. The molecular weight excluding hydrogens is 455 g/mol. The van der Waals surface area contributed by atoms with Gasteiger partial charge < -0.3 is 29.6 Å². The Kier molecular flexibility index (Phi) is 7.23. The molecule has 0 atom stereocenters. The normalized spacial score (nSPS) is 15.5. The van der Waals surface area contributed by atoms with E-state index in [1.165, 1.54) is 16.7 Å². The number of carboxylic acid groups (broad SMARTS) is 2. The third kappa shape index (κ3) is 5.02. The lowest BCUT2D eigenvalue weighted by Gasteiger charge is -2.37. The van der Waals surface area contributed by atoms with Gasteiger partial charge in [-0.3, -0.25) is 10.1 Å². The first-order valence-electron chi connectivity index (χ1n) is 10.7. The maximum absolute atomic E-state index is 15.1. The van der Waals surface area contributed by atoms with Crippen LogP contribution in [0, 0.1) is 22.9 Å². The summed E-state index contributed by atoms with van der Waals surface area (Å²) in [7, 11) is 0. The number of piperazine rings is 1. The largest absolute Gasteiger partial charge is 0.477 e. The molecule has 0 unspecified atom stereocenters. The summed E-state index contributed by atoms with van der Waals surface area (Å²) in [5.41, 5.74) is -1.36. The SMILES string of the molecule is CCOC(=O)N1CCN(c2c(F)cc([N+](=O)[O-])c(N(C=C(C(=O)O)C(=O)O)C3CC3)c2C)CC1. The van der Waals surface area contributed by atoms with Gasteiger partial charge in [0.25, 0.3) is 5.69 Å². The fraction of sp³-hybridized carbons (Fsp3) is 0.476. The number of nitro groups is 1. The molecule has 1 aliphatic heterocycles. The molecule has 1 saturated heterocycles. The first kappa shape index (κ1) is 24.7. The van der Waals surface area contributed by atoms with Crippen LogP contribution in [0.25, 0.3) is 0 Å². The average molecular weight is 480 g/mol. The Morgan fingerprint density at radius 2 is 1.82 bits per heavy atom. The molecule has 1 saturated carbocycles. The van der Waals surface area contributed by atoms with Crippen molar-refractivity contribution < 1.29 is 38.6 Å². The minimum Gasteiger partial charge on any atom is -0.477 e. The van der Waals surface area contributed by atoms with Gasteiger partial charge in [-0.25, -0.2) is 18.8 Å². The van der Waals surface area contributed by atoms with Crippen molar-refractivity contribution in [3.63, 3.8) is 0 Å². The van der Waals surface area contributed by atoms with E-state index in [-0.39, 0.29) is 55.8 Å². The number of hydrogen-bond acceptors (Lipinski definition) is 8. The fourth-order valence-electron chi connectivity index (χ4n) is 3.97. The van der Waals surface area contributed by atoms with E-state index < -0.39 is 40.0 Å². The zero-order chi connectivity index (χ0) is 25.2. The number of nitro benzene ring substituents is 1. The molecule has 0 bridgehead atoms. The number of amides is 1. The van der Waals surface area contributed by atoms with Crippen LogP contribution in [0.3, 0.4) is 0 Å². The molecule has 1 amide bonds. The monoisotopic (exact) mass is 480 g/mol. The van der Waals surface area contributed by atoms with Gasteiger partial charge in [0.2, 0.25) is 0 Å². The highest BCUT2D eigenvalue weighted by molar-refractivity contribution is 6.12. The van der Waals surface area contributed by atoms with Gasteiger partial charge in [-0.15, -0.1) is 0 Å². The van der Waals surface area contributed by atoms with E-state index in [0.717, 1.165) is 12.3 Å². The van der Waals surface area contributed by atoms with E-state index in [1.807, 2.05) is 0 Å². The van der Waals surface area contributed by atoms with E-state index >= 15 is 4.39 Å². The zero-order valence-corrected chi connectivity index (χ0v) is 18.7. The number of nitrogens with zero attached hydrogens (tertiary/aromatic N) is 4. The van der Waals surface area contributed by atoms with Gasteiger partial charge in [0.1, 0.15) is 5.69 Å². The zero-order valence-electron chi connectivity index (χ0n) is 18.7. The summed E-state index contributed by atoms with van der Waals surface area (Å²) >= 11 is 0. The summed E-state index contributed by atoms with van der Waals surface area (Å²) in [5.74, 6) is -4.24. The minimum atomic E-state index is -1.70. The van der Waals surface area contributed by atoms with Gasteiger partial charge in [0, 0.05) is 44.0 Å². The lowest BCUT2D eigenvalue weighted by atomic mass is 10.1. The highest BCUT2D eigenvalue weighted by Gasteiger charge is 2.37. The van der Waals surface area contributed by atoms with Gasteiger partial charge in [-0.2, -0.15) is 0 Å². The first-order valence-corrected chi connectivity index (χ1v) is 10.7. The van der Waals surface area contributed by atoms with Crippen LogP contribution in [0.5, 0.6) is 0 Å². The molecule has 34 heavy (non-hydrogen) atoms. The molecular formula is C21H25FN4O8. The Morgan fingerprint density at radius 1 is 1.24 bits per heavy atom. The van der Waals surface area contributed by atoms with Crippen LogP contribution < -0.4 is 9.80 Å². The Morgan fingerprint density at radius 3 is 2.29 bits per heavy atom. The van der Waals surface area contributed by atoms with E-state index in [4.69, 9.17) is 4.74 Å². The summed E-state index contributed by atoms with van der Waals surface area (Å²) < 4.78 is 20.1. The number of anilines is 2. The van der Waals surface area contributed by atoms with Gasteiger partial charge in [0.05, 0.1) is 23.3 Å². The van der Waals surface area contributed by atoms with Gasteiger partial charge >= 0.3 is 18.0 Å². The number of benzene rings is 1.